The summed E-state index contributed by atoms with van der Waals surface area (Å²) in [5.41, 5.74) is 4.49. The van der Waals surface area contributed by atoms with Crippen molar-refractivity contribution in [1.82, 2.24) is 9.97 Å². The van der Waals surface area contributed by atoms with Gasteiger partial charge in [-0.2, -0.15) is 8.78 Å². The maximum Gasteiger partial charge on any atom is 0.387 e. The second-order valence-corrected chi connectivity index (χ2v) is 9.75. The average molecular weight is 587 g/mol. The molecule has 212 valence electrons. The van der Waals surface area contributed by atoms with Crippen molar-refractivity contribution >= 4 is 56.8 Å². The Morgan fingerprint density at radius 1 is 0.881 bits per heavy atom. The third-order valence-electron chi connectivity index (χ3n) is 5.96. The molecule has 3 aromatic carbocycles. The van der Waals surface area contributed by atoms with E-state index in [1.54, 1.807) is 42.9 Å². The summed E-state index contributed by atoms with van der Waals surface area (Å²) >= 11 is 1.49. The first-order valence-corrected chi connectivity index (χ1v) is 13.5. The molecule has 0 spiro atoms. The van der Waals surface area contributed by atoms with Crippen molar-refractivity contribution in [3.63, 3.8) is 0 Å². The number of nitrogens with one attached hydrogen (secondary N) is 3. The van der Waals surface area contributed by atoms with E-state index in [0.29, 0.717) is 22.6 Å². The molecule has 42 heavy (non-hydrogen) atoms. The van der Waals surface area contributed by atoms with Gasteiger partial charge in [-0.05, 0) is 85.3 Å². The van der Waals surface area contributed by atoms with Crippen molar-refractivity contribution in [2.45, 2.75) is 13.5 Å². The van der Waals surface area contributed by atoms with Crippen LogP contribution in [0.15, 0.2) is 103 Å². The number of ether oxygens (including phenoxy) is 1. The molecule has 9 nitrogen and oxygen atoms in total. The van der Waals surface area contributed by atoms with Crippen LogP contribution in [0.4, 0.5) is 47.1 Å². The molecular weight excluding hydrogens is 562 g/mol. The predicted octanol–water partition coefficient (Wildman–Crippen LogP) is 7.81. The van der Waals surface area contributed by atoms with Crippen molar-refractivity contribution in [2.75, 3.05) is 20.9 Å². The number of aryl methyl sites for hydroxylation is 1. The van der Waals surface area contributed by atoms with E-state index >= 15 is 0 Å². The molecule has 5 aromatic rings. The monoisotopic (exact) mass is 586 g/mol. The summed E-state index contributed by atoms with van der Waals surface area (Å²) in [4.78, 5) is 36.1. The first kappa shape index (κ1) is 28.2. The summed E-state index contributed by atoms with van der Waals surface area (Å²) in [5, 5.41) is 10.8. The van der Waals surface area contributed by atoms with Gasteiger partial charge in [0, 0.05) is 40.4 Å². The number of aromatic nitrogens is 2. The van der Waals surface area contributed by atoms with Gasteiger partial charge in [-0.25, -0.2) is 9.78 Å². The van der Waals surface area contributed by atoms with Gasteiger partial charge in [0.1, 0.15) is 5.75 Å². The number of alkyl halides is 2. The number of hydrogen-bond donors (Lipinski definition) is 3. The lowest BCUT2D eigenvalue weighted by molar-refractivity contribution is -0.0498. The highest BCUT2D eigenvalue weighted by molar-refractivity contribution is 7.13. The maximum absolute atomic E-state index is 13.0. The maximum atomic E-state index is 13.0. The number of amides is 3. The Bertz CT molecular complexity index is 1650. The first-order valence-electron chi connectivity index (χ1n) is 12.6. The predicted molar refractivity (Wildman–Crippen MR) is 159 cm³/mol. The highest BCUT2D eigenvalue weighted by atomic mass is 32.1. The molecule has 2 heterocycles. The number of pyridine rings is 1. The van der Waals surface area contributed by atoms with Gasteiger partial charge in [0.05, 0.1) is 17.6 Å². The first-order chi connectivity index (χ1) is 20.4. The number of carbonyl (C=O) groups excluding carboxylic acids is 2. The van der Waals surface area contributed by atoms with Gasteiger partial charge in [0.2, 0.25) is 0 Å². The van der Waals surface area contributed by atoms with E-state index in [-0.39, 0.29) is 11.7 Å². The van der Waals surface area contributed by atoms with E-state index in [4.69, 9.17) is 0 Å². The van der Waals surface area contributed by atoms with Crippen LogP contribution in [0.3, 0.4) is 0 Å². The molecule has 0 saturated carbocycles. The van der Waals surface area contributed by atoms with Crippen molar-refractivity contribution in [1.29, 1.82) is 0 Å². The molecular formula is C30H24F2N6O3S. The van der Waals surface area contributed by atoms with Crippen LogP contribution in [0.5, 0.6) is 5.75 Å². The van der Waals surface area contributed by atoms with E-state index in [1.165, 1.54) is 35.6 Å². The van der Waals surface area contributed by atoms with E-state index in [0.717, 1.165) is 22.1 Å². The zero-order chi connectivity index (χ0) is 29.5. The van der Waals surface area contributed by atoms with Gasteiger partial charge in [-0.1, -0.05) is 6.07 Å². The smallest absolute Gasteiger partial charge is 0.387 e. The second-order valence-electron chi connectivity index (χ2n) is 8.88. The standard InChI is InChI=1S/C30H24F2N6O3S/c1-19-4-7-23(17-26(19)38(30-34-15-16-42-30)24-3-2-14-33-18-24)35-27(39)20-5-8-21(9-6-20)36-29(40)37-22-10-12-25(13-11-22)41-28(31)32/h2-18,28H,1H3,(H,35,39)(H2,36,37,40). The number of carbonyl (C=O) groups is 2. The highest BCUT2D eigenvalue weighted by Gasteiger charge is 2.18. The van der Waals surface area contributed by atoms with E-state index in [2.05, 4.69) is 30.7 Å². The molecule has 0 saturated heterocycles. The molecule has 2 aromatic heterocycles. The average Bonchev–Trinajstić information content (AvgIpc) is 3.51. The zero-order valence-corrected chi connectivity index (χ0v) is 22.9. The Labute approximate surface area is 243 Å². The largest absolute Gasteiger partial charge is 0.435 e. The molecule has 0 unspecified atom stereocenters. The van der Waals surface area contributed by atoms with Crippen LogP contribution in [0.1, 0.15) is 15.9 Å². The molecule has 0 aliphatic rings. The van der Waals surface area contributed by atoms with Gasteiger partial charge in [-0.15, -0.1) is 11.3 Å². The SMILES string of the molecule is Cc1ccc(NC(=O)c2ccc(NC(=O)Nc3ccc(OC(F)F)cc3)cc2)cc1N(c1cccnc1)c1nccs1. The normalized spacial score (nSPS) is 10.7. The van der Waals surface area contributed by atoms with Crippen LogP contribution in [-0.2, 0) is 0 Å². The number of anilines is 6. The fourth-order valence-electron chi connectivity index (χ4n) is 4.01. The Hall–Kier alpha value is -5.36. The van der Waals surface area contributed by atoms with E-state index in [1.807, 2.05) is 47.5 Å². The summed E-state index contributed by atoms with van der Waals surface area (Å²) in [5.74, 6) is -0.342. The topological polar surface area (TPSA) is 108 Å². The third kappa shape index (κ3) is 7.04. The van der Waals surface area contributed by atoms with E-state index < -0.39 is 12.6 Å². The molecule has 0 radical (unpaired) electrons. The number of nitrogens with zero attached hydrogens (tertiary/aromatic N) is 3. The fraction of sp³-hybridized carbons (Fsp3) is 0.0667. The molecule has 3 N–H and O–H groups in total. The van der Waals surface area contributed by atoms with E-state index in [9.17, 15) is 18.4 Å². The third-order valence-corrected chi connectivity index (χ3v) is 6.72. The highest BCUT2D eigenvalue weighted by Crippen LogP contribution is 2.38. The molecule has 0 atom stereocenters. The lowest BCUT2D eigenvalue weighted by Crippen LogP contribution is -2.19. The van der Waals surface area contributed by atoms with Crippen molar-refractivity contribution in [3.05, 3.63) is 114 Å². The quantitative estimate of drug-likeness (QED) is 0.163. The number of benzene rings is 3. The van der Waals surface area contributed by atoms with Gasteiger partial charge in [-0.3, -0.25) is 14.7 Å². The van der Waals surface area contributed by atoms with Crippen LogP contribution in [0, 0.1) is 6.92 Å². The van der Waals surface area contributed by atoms with Gasteiger partial charge in [0.25, 0.3) is 5.91 Å². The van der Waals surface area contributed by atoms with Crippen molar-refractivity contribution < 1.29 is 23.1 Å². The number of urea groups is 1. The minimum absolute atomic E-state index is 0.0166. The van der Waals surface area contributed by atoms with Crippen molar-refractivity contribution in [3.8, 4) is 5.75 Å². The van der Waals surface area contributed by atoms with Crippen LogP contribution in [0.25, 0.3) is 0 Å². The zero-order valence-electron chi connectivity index (χ0n) is 22.1. The molecule has 0 aliphatic carbocycles. The molecule has 5 rings (SSSR count). The minimum atomic E-state index is -2.93. The van der Waals surface area contributed by atoms with Crippen LogP contribution >= 0.6 is 11.3 Å². The molecule has 12 heteroatoms. The number of halogens is 2. The van der Waals surface area contributed by atoms with Crippen LogP contribution in [0.2, 0.25) is 0 Å². The second kappa shape index (κ2) is 12.9. The lowest BCUT2D eigenvalue weighted by Gasteiger charge is -2.24. The summed E-state index contributed by atoms with van der Waals surface area (Å²) in [7, 11) is 0. The van der Waals surface area contributed by atoms with Gasteiger partial charge in [0.15, 0.2) is 5.13 Å². The molecule has 0 aliphatic heterocycles. The Morgan fingerprint density at radius 2 is 1.57 bits per heavy atom. The summed E-state index contributed by atoms with van der Waals surface area (Å²) in [6.07, 6.45) is 5.19. The van der Waals surface area contributed by atoms with Gasteiger partial charge >= 0.3 is 12.6 Å². The summed E-state index contributed by atoms with van der Waals surface area (Å²) in [6.45, 7) is -0.945. The lowest BCUT2D eigenvalue weighted by atomic mass is 10.1. The Balaban J connectivity index is 1.24. The molecule has 0 fully saturated rings. The Kier molecular flexibility index (Phi) is 8.64. The number of hydrogen-bond acceptors (Lipinski definition) is 7. The van der Waals surface area contributed by atoms with Gasteiger partial charge < -0.3 is 20.7 Å². The molecule has 3 amide bonds. The summed E-state index contributed by atoms with van der Waals surface area (Å²) < 4.78 is 28.9. The van der Waals surface area contributed by atoms with Crippen molar-refractivity contribution in [2.24, 2.45) is 0 Å². The van der Waals surface area contributed by atoms with Crippen LogP contribution in [-0.4, -0.2) is 28.5 Å². The number of thiazole rings is 1. The molecule has 0 bridgehead atoms. The summed E-state index contributed by atoms with van der Waals surface area (Å²) in [6, 6.07) is 20.8. The van der Waals surface area contributed by atoms with Crippen LogP contribution < -0.4 is 25.6 Å². The fourth-order valence-corrected chi connectivity index (χ4v) is 4.69. The minimum Gasteiger partial charge on any atom is -0.435 e. The number of rotatable bonds is 9. The Morgan fingerprint density at radius 3 is 2.19 bits per heavy atom.